The van der Waals surface area contributed by atoms with Crippen LogP contribution in [0.2, 0.25) is 0 Å². The summed E-state index contributed by atoms with van der Waals surface area (Å²) in [6.45, 7) is 4.09. The molecule has 0 saturated carbocycles. The van der Waals surface area contributed by atoms with Crippen LogP contribution in [0.4, 0.5) is 9.52 Å². The van der Waals surface area contributed by atoms with Gasteiger partial charge in [-0.25, -0.2) is 9.37 Å². The molecule has 2 aromatic carbocycles. The molecule has 4 heterocycles. The lowest BCUT2D eigenvalue weighted by molar-refractivity contribution is -0.132. The number of fused-ring (bicyclic) bond motifs is 1. The second-order valence-corrected chi connectivity index (χ2v) is 11.6. The molecule has 12 heteroatoms. The molecule has 1 saturated heterocycles. The molecule has 1 N–H and O–H groups in total. The molecular formula is C30H24FN5O4S2. The fourth-order valence-corrected chi connectivity index (χ4v) is 6.69. The zero-order valence-corrected chi connectivity index (χ0v) is 24.2. The SMILES string of the molecule is CCOc1ccc(C2C(=C(O)c3c(C)nc4ccccn34)C(=O)C(=O)N2c2nnc(SCc3ccc(F)cc3)s2)cc1. The van der Waals surface area contributed by atoms with Crippen molar-refractivity contribution in [2.24, 2.45) is 0 Å². The third-order valence-electron chi connectivity index (χ3n) is 6.76. The number of aliphatic hydroxyl groups is 1. The quantitative estimate of drug-likeness (QED) is 0.0764. The van der Waals surface area contributed by atoms with Crippen molar-refractivity contribution in [2.75, 3.05) is 11.5 Å². The molecule has 1 aliphatic heterocycles. The number of hydrogen-bond acceptors (Lipinski definition) is 9. The van der Waals surface area contributed by atoms with Gasteiger partial charge in [0.15, 0.2) is 10.1 Å². The average molecular weight is 602 g/mol. The van der Waals surface area contributed by atoms with Crippen molar-refractivity contribution in [3.8, 4) is 5.75 Å². The minimum absolute atomic E-state index is 0.0753. The van der Waals surface area contributed by atoms with Gasteiger partial charge in [0, 0.05) is 11.9 Å². The van der Waals surface area contributed by atoms with Crippen LogP contribution in [0.5, 0.6) is 5.75 Å². The summed E-state index contributed by atoms with van der Waals surface area (Å²) in [5.41, 5.74) is 2.83. The second-order valence-electron chi connectivity index (χ2n) is 9.41. The molecule has 0 spiro atoms. The zero-order chi connectivity index (χ0) is 29.4. The predicted molar refractivity (Wildman–Crippen MR) is 158 cm³/mol. The number of amides is 1. The van der Waals surface area contributed by atoms with Crippen LogP contribution in [0.25, 0.3) is 11.4 Å². The molecule has 0 aliphatic carbocycles. The van der Waals surface area contributed by atoms with Crippen LogP contribution < -0.4 is 9.64 Å². The van der Waals surface area contributed by atoms with Crippen LogP contribution in [0, 0.1) is 12.7 Å². The number of aliphatic hydroxyl groups excluding tert-OH is 1. The van der Waals surface area contributed by atoms with E-state index < -0.39 is 17.7 Å². The number of carbonyl (C=O) groups is 2. The molecule has 212 valence electrons. The standard InChI is InChI=1S/C30H24FN5O4S2/c1-3-40-21-13-9-19(10-14-21)25-23(26(37)24-17(2)32-22-6-4-5-15-35(22)24)27(38)28(39)36(25)29-33-34-30(42-29)41-16-18-7-11-20(31)12-8-18/h4-15,25,37H,3,16H2,1-2H3. The smallest absolute Gasteiger partial charge is 0.301 e. The molecule has 1 atom stereocenters. The fourth-order valence-electron chi connectivity index (χ4n) is 4.87. The molecule has 1 fully saturated rings. The second kappa shape index (κ2) is 11.4. The van der Waals surface area contributed by atoms with E-state index in [0.29, 0.717) is 45.0 Å². The zero-order valence-electron chi connectivity index (χ0n) is 22.5. The molecule has 1 amide bonds. The summed E-state index contributed by atoms with van der Waals surface area (Å²) in [6, 6.07) is 17.6. The van der Waals surface area contributed by atoms with Crippen LogP contribution in [-0.2, 0) is 15.3 Å². The number of ether oxygens (including phenoxy) is 1. The highest BCUT2D eigenvalue weighted by atomic mass is 32.2. The Morgan fingerprint density at radius 3 is 2.57 bits per heavy atom. The lowest BCUT2D eigenvalue weighted by Gasteiger charge is -2.22. The first-order valence-electron chi connectivity index (χ1n) is 13.0. The number of aromatic nitrogens is 4. The number of imidazole rings is 1. The van der Waals surface area contributed by atoms with Crippen LogP contribution in [0.15, 0.2) is 82.8 Å². The van der Waals surface area contributed by atoms with Gasteiger partial charge in [0.2, 0.25) is 5.13 Å². The Morgan fingerprint density at radius 1 is 1.07 bits per heavy atom. The highest BCUT2D eigenvalue weighted by molar-refractivity contribution is 8.00. The van der Waals surface area contributed by atoms with Gasteiger partial charge in [-0.1, -0.05) is 53.4 Å². The maximum Gasteiger partial charge on any atom is 0.301 e. The van der Waals surface area contributed by atoms with Crippen molar-refractivity contribution in [3.05, 3.63) is 107 Å². The van der Waals surface area contributed by atoms with Gasteiger partial charge in [0.1, 0.15) is 22.9 Å². The first-order chi connectivity index (χ1) is 20.4. The molecule has 42 heavy (non-hydrogen) atoms. The summed E-state index contributed by atoms with van der Waals surface area (Å²) in [7, 11) is 0. The normalized spacial score (nSPS) is 16.5. The molecule has 3 aromatic heterocycles. The Morgan fingerprint density at radius 2 is 1.83 bits per heavy atom. The molecule has 1 aliphatic rings. The number of thioether (sulfide) groups is 1. The van der Waals surface area contributed by atoms with E-state index in [1.54, 1.807) is 66.1 Å². The number of halogens is 1. The summed E-state index contributed by atoms with van der Waals surface area (Å²) in [6.07, 6.45) is 1.74. The predicted octanol–water partition coefficient (Wildman–Crippen LogP) is 5.95. The highest BCUT2D eigenvalue weighted by Gasteiger charge is 2.49. The largest absolute Gasteiger partial charge is 0.505 e. The monoisotopic (exact) mass is 601 g/mol. The summed E-state index contributed by atoms with van der Waals surface area (Å²) in [5, 5.41) is 20.4. The number of anilines is 1. The maximum atomic E-state index is 13.6. The number of aryl methyl sites for hydroxylation is 1. The molecule has 0 radical (unpaired) electrons. The van der Waals surface area contributed by atoms with E-state index in [1.165, 1.54) is 28.8 Å². The lowest BCUT2D eigenvalue weighted by atomic mass is 9.96. The topological polar surface area (TPSA) is 110 Å². The first kappa shape index (κ1) is 27.6. The molecule has 9 nitrogen and oxygen atoms in total. The molecule has 1 unspecified atom stereocenters. The van der Waals surface area contributed by atoms with E-state index in [2.05, 4.69) is 15.2 Å². The Bertz CT molecular complexity index is 1830. The van der Waals surface area contributed by atoms with Crippen LogP contribution in [0.1, 0.15) is 35.5 Å². The number of Topliss-reactive ketones (excluding diaryl/α,β-unsaturated/α-hetero) is 1. The number of nitrogens with zero attached hydrogens (tertiary/aromatic N) is 5. The molecule has 0 bridgehead atoms. The minimum atomic E-state index is -0.975. The molecule has 5 aromatic rings. The summed E-state index contributed by atoms with van der Waals surface area (Å²) in [5.74, 6) is -1.16. The molecule has 6 rings (SSSR count). The third kappa shape index (κ3) is 5.03. The maximum absolute atomic E-state index is 13.6. The van der Waals surface area contributed by atoms with Crippen molar-refractivity contribution >= 4 is 51.3 Å². The highest BCUT2D eigenvalue weighted by Crippen LogP contribution is 2.44. The summed E-state index contributed by atoms with van der Waals surface area (Å²) >= 11 is 2.54. The number of pyridine rings is 1. The fraction of sp³-hybridized carbons (Fsp3) is 0.167. The third-order valence-corrected chi connectivity index (χ3v) is 8.88. The minimum Gasteiger partial charge on any atom is -0.505 e. The van der Waals surface area contributed by atoms with Crippen molar-refractivity contribution < 1.29 is 23.8 Å². The Labute approximate surface area is 248 Å². The van der Waals surface area contributed by atoms with Gasteiger partial charge >= 0.3 is 5.91 Å². The van der Waals surface area contributed by atoms with Gasteiger partial charge < -0.3 is 9.84 Å². The van der Waals surface area contributed by atoms with E-state index in [9.17, 15) is 19.1 Å². The lowest BCUT2D eigenvalue weighted by Crippen LogP contribution is -2.29. The van der Waals surface area contributed by atoms with Crippen molar-refractivity contribution in [1.29, 1.82) is 0 Å². The summed E-state index contributed by atoms with van der Waals surface area (Å²) in [4.78, 5) is 33.0. The number of rotatable bonds is 8. The van der Waals surface area contributed by atoms with Gasteiger partial charge in [-0.3, -0.25) is 18.9 Å². The number of ketones is 1. The number of carbonyl (C=O) groups excluding carboxylic acids is 2. The summed E-state index contributed by atoms with van der Waals surface area (Å²) < 4.78 is 21.1. The number of benzene rings is 2. The van der Waals surface area contributed by atoms with Gasteiger partial charge in [-0.2, -0.15) is 0 Å². The van der Waals surface area contributed by atoms with Gasteiger partial charge in [0.05, 0.1) is 23.9 Å². The van der Waals surface area contributed by atoms with E-state index in [0.717, 1.165) is 16.9 Å². The van der Waals surface area contributed by atoms with Crippen molar-refractivity contribution in [3.63, 3.8) is 0 Å². The molecular weight excluding hydrogens is 577 g/mol. The first-order valence-corrected chi connectivity index (χ1v) is 14.8. The van der Waals surface area contributed by atoms with Gasteiger partial charge in [-0.05, 0) is 61.4 Å². The van der Waals surface area contributed by atoms with E-state index in [-0.39, 0.29) is 22.3 Å². The van der Waals surface area contributed by atoms with Crippen molar-refractivity contribution in [2.45, 2.75) is 30.0 Å². The van der Waals surface area contributed by atoms with E-state index >= 15 is 0 Å². The Balaban J connectivity index is 1.43. The van der Waals surface area contributed by atoms with E-state index in [1.807, 2.05) is 13.0 Å². The van der Waals surface area contributed by atoms with Gasteiger partial charge in [-0.15, -0.1) is 10.2 Å². The van der Waals surface area contributed by atoms with Gasteiger partial charge in [0.25, 0.3) is 5.78 Å². The van der Waals surface area contributed by atoms with Crippen LogP contribution in [0.3, 0.4) is 0 Å². The van der Waals surface area contributed by atoms with E-state index in [4.69, 9.17) is 4.74 Å². The Kier molecular flexibility index (Phi) is 7.48. The average Bonchev–Trinajstić information content (AvgIpc) is 3.66. The number of hydrogen-bond donors (Lipinski definition) is 1. The van der Waals surface area contributed by atoms with Crippen LogP contribution in [-0.4, -0.2) is 43.0 Å². The Hall–Kier alpha value is -4.55. The van der Waals surface area contributed by atoms with Crippen molar-refractivity contribution in [1.82, 2.24) is 19.6 Å². The van der Waals surface area contributed by atoms with Crippen LogP contribution >= 0.6 is 23.1 Å².